The standard InChI is InChI=1S/C10H12O4/c1-3-5-7(4-2)6-8(9(11)12)10(13)14/h3-5,8H,1-2,6H2,(H,11,12)(H,13,14)/b7-5+. The number of rotatable bonds is 6. The Balaban J connectivity index is 4.66. The molecule has 4 nitrogen and oxygen atoms in total. The Morgan fingerprint density at radius 2 is 1.71 bits per heavy atom. The molecule has 0 radical (unpaired) electrons. The minimum Gasteiger partial charge on any atom is -0.481 e. The molecule has 76 valence electrons. The Hall–Kier alpha value is -1.84. The lowest BCUT2D eigenvalue weighted by atomic mass is 9.99. The van der Waals surface area contributed by atoms with Crippen LogP contribution < -0.4 is 0 Å². The first-order chi connectivity index (χ1) is 6.52. The van der Waals surface area contributed by atoms with Gasteiger partial charge in [0.15, 0.2) is 5.92 Å². The van der Waals surface area contributed by atoms with Crippen molar-refractivity contribution in [1.82, 2.24) is 0 Å². The lowest BCUT2D eigenvalue weighted by molar-refractivity contribution is -0.154. The van der Waals surface area contributed by atoms with Gasteiger partial charge in [0.2, 0.25) is 0 Å². The van der Waals surface area contributed by atoms with Gasteiger partial charge in [-0.1, -0.05) is 31.4 Å². The van der Waals surface area contributed by atoms with Crippen molar-refractivity contribution in [2.75, 3.05) is 0 Å². The molecule has 0 aromatic carbocycles. The fourth-order valence-corrected chi connectivity index (χ4v) is 0.887. The van der Waals surface area contributed by atoms with E-state index in [1.165, 1.54) is 18.2 Å². The molecule has 0 spiro atoms. The molecule has 0 aliphatic heterocycles. The molecule has 0 amide bonds. The minimum atomic E-state index is -1.43. The number of carboxylic acid groups (broad SMARTS) is 2. The second kappa shape index (κ2) is 5.75. The Labute approximate surface area is 81.9 Å². The maximum atomic E-state index is 10.5. The second-order valence-electron chi connectivity index (χ2n) is 2.61. The normalized spacial score (nSPS) is 11.1. The van der Waals surface area contributed by atoms with Gasteiger partial charge in [-0.05, 0) is 12.0 Å². The predicted octanol–water partition coefficient (Wildman–Crippen LogP) is 1.46. The highest BCUT2D eigenvalue weighted by atomic mass is 16.4. The third kappa shape index (κ3) is 3.71. The molecule has 0 aliphatic carbocycles. The van der Waals surface area contributed by atoms with Crippen LogP contribution in [-0.2, 0) is 9.59 Å². The van der Waals surface area contributed by atoms with Gasteiger partial charge in [-0.3, -0.25) is 9.59 Å². The highest BCUT2D eigenvalue weighted by Gasteiger charge is 2.25. The summed E-state index contributed by atoms with van der Waals surface area (Å²) < 4.78 is 0. The zero-order valence-corrected chi connectivity index (χ0v) is 7.64. The van der Waals surface area contributed by atoms with E-state index in [1.807, 2.05) is 0 Å². The van der Waals surface area contributed by atoms with E-state index in [1.54, 1.807) is 0 Å². The molecule has 0 fully saturated rings. The maximum Gasteiger partial charge on any atom is 0.318 e. The van der Waals surface area contributed by atoms with Crippen LogP contribution in [0.2, 0.25) is 0 Å². The van der Waals surface area contributed by atoms with Crippen molar-refractivity contribution in [3.63, 3.8) is 0 Å². The first-order valence-electron chi connectivity index (χ1n) is 3.92. The zero-order valence-electron chi connectivity index (χ0n) is 7.64. The van der Waals surface area contributed by atoms with Crippen LogP contribution in [0.15, 0.2) is 37.0 Å². The van der Waals surface area contributed by atoms with Gasteiger partial charge in [0.1, 0.15) is 0 Å². The van der Waals surface area contributed by atoms with E-state index in [9.17, 15) is 9.59 Å². The van der Waals surface area contributed by atoms with Crippen LogP contribution in [0.5, 0.6) is 0 Å². The quantitative estimate of drug-likeness (QED) is 0.498. The maximum absolute atomic E-state index is 10.5. The van der Waals surface area contributed by atoms with Crippen LogP contribution in [0, 0.1) is 5.92 Å². The summed E-state index contributed by atoms with van der Waals surface area (Å²) in [5.41, 5.74) is 0.537. The molecule has 0 atom stereocenters. The van der Waals surface area contributed by atoms with E-state index in [-0.39, 0.29) is 6.42 Å². The van der Waals surface area contributed by atoms with Crippen LogP contribution >= 0.6 is 0 Å². The summed E-state index contributed by atoms with van der Waals surface area (Å²) in [4.78, 5) is 21.1. The number of carbonyl (C=O) groups is 2. The minimum absolute atomic E-state index is 0.0831. The molecular weight excluding hydrogens is 184 g/mol. The average molecular weight is 196 g/mol. The van der Waals surface area contributed by atoms with Crippen molar-refractivity contribution in [3.05, 3.63) is 37.0 Å². The largest absolute Gasteiger partial charge is 0.481 e. The molecule has 0 saturated heterocycles. The molecule has 0 aliphatic rings. The van der Waals surface area contributed by atoms with Crippen LogP contribution in [-0.4, -0.2) is 22.2 Å². The summed E-state index contributed by atoms with van der Waals surface area (Å²) in [5.74, 6) is -4.14. The van der Waals surface area contributed by atoms with E-state index in [0.717, 1.165) is 0 Å². The van der Waals surface area contributed by atoms with Crippen molar-refractivity contribution in [1.29, 1.82) is 0 Å². The van der Waals surface area contributed by atoms with Gasteiger partial charge < -0.3 is 10.2 Å². The lowest BCUT2D eigenvalue weighted by Gasteiger charge is -2.06. The molecule has 0 aromatic heterocycles. The fraction of sp³-hybridized carbons (Fsp3) is 0.200. The molecule has 0 unspecified atom stereocenters. The van der Waals surface area contributed by atoms with Gasteiger partial charge in [0.25, 0.3) is 0 Å². The molecule has 0 rings (SSSR count). The Morgan fingerprint density at radius 3 is 2.00 bits per heavy atom. The van der Waals surface area contributed by atoms with Crippen LogP contribution in [0.4, 0.5) is 0 Å². The van der Waals surface area contributed by atoms with E-state index in [2.05, 4.69) is 13.2 Å². The number of aliphatic carboxylic acids is 2. The lowest BCUT2D eigenvalue weighted by Crippen LogP contribution is -2.23. The third-order valence-electron chi connectivity index (χ3n) is 1.63. The van der Waals surface area contributed by atoms with Gasteiger partial charge in [-0.2, -0.15) is 0 Å². The van der Waals surface area contributed by atoms with Crippen molar-refractivity contribution in [2.45, 2.75) is 6.42 Å². The van der Waals surface area contributed by atoms with E-state index in [4.69, 9.17) is 10.2 Å². The van der Waals surface area contributed by atoms with Crippen LogP contribution in [0.3, 0.4) is 0 Å². The Morgan fingerprint density at radius 1 is 1.21 bits per heavy atom. The summed E-state index contributed by atoms with van der Waals surface area (Å²) in [5, 5.41) is 17.2. The molecule has 0 heterocycles. The number of carboxylic acids is 2. The van der Waals surface area contributed by atoms with Gasteiger partial charge >= 0.3 is 11.9 Å². The zero-order chi connectivity index (χ0) is 11.1. The fourth-order valence-electron chi connectivity index (χ4n) is 0.887. The van der Waals surface area contributed by atoms with E-state index < -0.39 is 17.9 Å². The molecule has 2 N–H and O–H groups in total. The molecule has 0 aromatic rings. The smallest absolute Gasteiger partial charge is 0.318 e. The van der Waals surface area contributed by atoms with Crippen LogP contribution in [0.1, 0.15) is 6.42 Å². The summed E-state index contributed by atoms with van der Waals surface area (Å²) in [6, 6.07) is 0. The number of hydrogen-bond acceptors (Lipinski definition) is 2. The predicted molar refractivity (Wildman–Crippen MR) is 51.9 cm³/mol. The molecular formula is C10H12O4. The summed E-state index contributed by atoms with van der Waals surface area (Å²) in [6.07, 6.45) is 4.32. The van der Waals surface area contributed by atoms with Gasteiger partial charge in [0.05, 0.1) is 0 Å². The van der Waals surface area contributed by atoms with Crippen LogP contribution in [0.25, 0.3) is 0 Å². The van der Waals surface area contributed by atoms with E-state index >= 15 is 0 Å². The number of hydrogen-bond donors (Lipinski definition) is 2. The first kappa shape index (κ1) is 12.2. The molecule has 0 saturated carbocycles. The van der Waals surface area contributed by atoms with Gasteiger partial charge in [0, 0.05) is 0 Å². The van der Waals surface area contributed by atoms with Crippen molar-refractivity contribution in [3.8, 4) is 0 Å². The Bertz CT molecular complexity index is 274. The SMILES string of the molecule is C=C/C=C(\C=C)CC(C(=O)O)C(=O)O. The van der Waals surface area contributed by atoms with Gasteiger partial charge in [-0.25, -0.2) is 0 Å². The van der Waals surface area contributed by atoms with Crippen molar-refractivity contribution < 1.29 is 19.8 Å². The summed E-state index contributed by atoms with van der Waals surface area (Å²) >= 11 is 0. The third-order valence-corrected chi connectivity index (χ3v) is 1.63. The van der Waals surface area contributed by atoms with Gasteiger partial charge in [-0.15, -0.1) is 0 Å². The summed E-state index contributed by atoms with van der Waals surface area (Å²) in [6.45, 7) is 6.88. The average Bonchev–Trinajstić information content (AvgIpc) is 2.10. The topological polar surface area (TPSA) is 74.6 Å². The molecule has 4 heteroatoms. The monoisotopic (exact) mass is 196 g/mol. The van der Waals surface area contributed by atoms with E-state index in [0.29, 0.717) is 5.57 Å². The molecule has 0 bridgehead atoms. The second-order valence-corrected chi connectivity index (χ2v) is 2.61. The summed E-state index contributed by atoms with van der Waals surface area (Å²) in [7, 11) is 0. The van der Waals surface area contributed by atoms with Crippen molar-refractivity contribution >= 4 is 11.9 Å². The first-order valence-corrected chi connectivity index (χ1v) is 3.92. The molecule has 14 heavy (non-hydrogen) atoms. The van der Waals surface area contributed by atoms with Crippen molar-refractivity contribution in [2.24, 2.45) is 5.92 Å². The Kier molecular flexibility index (Phi) is 4.99. The highest BCUT2D eigenvalue weighted by molar-refractivity contribution is 5.93. The number of allylic oxidation sites excluding steroid dienone is 4. The highest BCUT2D eigenvalue weighted by Crippen LogP contribution is 2.13.